The van der Waals surface area contributed by atoms with Crippen molar-refractivity contribution in [3.05, 3.63) is 34.1 Å². The van der Waals surface area contributed by atoms with Gasteiger partial charge in [-0.05, 0) is 31.0 Å². The van der Waals surface area contributed by atoms with Crippen LogP contribution >= 0.6 is 15.9 Å². The number of halogens is 2. The average Bonchev–Trinajstić information content (AvgIpc) is 2.89. The van der Waals surface area contributed by atoms with E-state index in [2.05, 4.69) is 15.9 Å². The number of rotatable bonds is 2. The Labute approximate surface area is 102 Å². The van der Waals surface area contributed by atoms with Crippen LogP contribution in [-0.2, 0) is 10.2 Å². The van der Waals surface area contributed by atoms with Gasteiger partial charge in [-0.25, -0.2) is 4.39 Å². The van der Waals surface area contributed by atoms with Gasteiger partial charge in [-0.3, -0.25) is 0 Å². The first-order valence-corrected chi connectivity index (χ1v) is 6.19. The largest absolute Gasteiger partial charge is 0.379 e. The van der Waals surface area contributed by atoms with Gasteiger partial charge in [0, 0.05) is 15.6 Å². The van der Waals surface area contributed by atoms with Crippen LogP contribution in [-0.4, -0.2) is 18.8 Å². The molecule has 0 radical (unpaired) electrons. The molecule has 1 saturated carbocycles. The van der Waals surface area contributed by atoms with E-state index in [1.165, 1.54) is 6.07 Å². The van der Waals surface area contributed by atoms with E-state index in [9.17, 15) is 4.39 Å². The fourth-order valence-corrected chi connectivity index (χ4v) is 2.86. The lowest BCUT2D eigenvalue weighted by Crippen LogP contribution is -2.61. The van der Waals surface area contributed by atoms with Gasteiger partial charge in [0.1, 0.15) is 5.82 Å². The number of hydrogen-bond donors (Lipinski definition) is 1. The Kier molecular flexibility index (Phi) is 2.19. The lowest BCUT2D eigenvalue weighted by atomic mass is 9.70. The molecule has 1 saturated heterocycles. The second kappa shape index (κ2) is 3.28. The Balaban J connectivity index is 2.10. The van der Waals surface area contributed by atoms with Crippen molar-refractivity contribution >= 4 is 15.9 Å². The van der Waals surface area contributed by atoms with Crippen LogP contribution in [0.1, 0.15) is 18.4 Å². The fourth-order valence-electron chi connectivity index (χ4n) is 2.49. The number of hydrogen-bond acceptors (Lipinski definition) is 2. The molecule has 0 aromatic heterocycles. The maximum atomic E-state index is 13.9. The molecule has 0 spiro atoms. The third kappa shape index (κ3) is 1.30. The van der Waals surface area contributed by atoms with Gasteiger partial charge in [0.2, 0.25) is 0 Å². The maximum absolute atomic E-state index is 13.9. The molecular formula is C12H13BrFNO. The average molecular weight is 286 g/mol. The zero-order valence-corrected chi connectivity index (χ0v) is 10.4. The second-order valence-corrected chi connectivity index (χ2v) is 5.77. The van der Waals surface area contributed by atoms with Crippen LogP contribution in [0.4, 0.5) is 4.39 Å². The Morgan fingerprint density at radius 2 is 2.00 bits per heavy atom. The number of nitrogens with two attached hydrogens (primary N) is 1. The standard InChI is InChI=1S/C12H13BrFNO/c13-8-1-2-10(14)9(5-8)11(6-16-7-11)12(15)3-4-12/h1-2,5H,3-4,6-7,15H2. The molecule has 1 aromatic rings. The quantitative estimate of drug-likeness (QED) is 0.905. The summed E-state index contributed by atoms with van der Waals surface area (Å²) >= 11 is 3.38. The van der Waals surface area contributed by atoms with Crippen molar-refractivity contribution in [1.82, 2.24) is 0 Å². The van der Waals surface area contributed by atoms with E-state index in [0.29, 0.717) is 18.8 Å². The van der Waals surface area contributed by atoms with E-state index in [1.807, 2.05) is 6.07 Å². The van der Waals surface area contributed by atoms with Crippen LogP contribution in [0.3, 0.4) is 0 Å². The van der Waals surface area contributed by atoms with Crippen LogP contribution in [0.5, 0.6) is 0 Å². The first-order chi connectivity index (χ1) is 7.57. The first kappa shape index (κ1) is 10.7. The van der Waals surface area contributed by atoms with E-state index in [0.717, 1.165) is 17.3 Å². The summed E-state index contributed by atoms with van der Waals surface area (Å²) in [6.07, 6.45) is 1.92. The van der Waals surface area contributed by atoms with Gasteiger partial charge in [0.15, 0.2) is 0 Å². The van der Waals surface area contributed by atoms with E-state index in [1.54, 1.807) is 6.07 Å². The minimum absolute atomic E-state index is 0.178. The molecule has 1 aliphatic carbocycles. The molecule has 0 bridgehead atoms. The van der Waals surface area contributed by atoms with Gasteiger partial charge in [-0.2, -0.15) is 0 Å². The van der Waals surface area contributed by atoms with E-state index < -0.39 is 0 Å². The molecule has 2 fully saturated rings. The highest BCUT2D eigenvalue weighted by atomic mass is 79.9. The third-order valence-corrected chi connectivity index (χ3v) is 4.38. The molecule has 16 heavy (non-hydrogen) atoms. The van der Waals surface area contributed by atoms with Gasteiger partial charge >= 0.3 is 0 Å². The molecule has 1 aliphatic heterocycles. The lowest BCUT2D eigenvalue weighted by molar-refractivity contribution is -0.0802. The molecular weight excluding hydrogens is 273 g/mol. The molecule has 2 aliphatic rings. The Morgan fingerprint density at radius 1 is 1.31 bits per heavy atom. The molecule has 2 nitrogen and oxygen atoms in total. The predicted molar refractivity (Wildman–Crippen MR) is 62.7 cm³/mol. The molecule has 0 unspecified atom stereocenters. The monoisotopic (exact) mass is 285 g/mol. The smallest absolute Gasteiger partial charge is 0.127 e. The molecule has 1 heterocycles. The third-order valence-electron chi connectivity index (χ3n) is 3.88. The molecule has 3 rings (SSSR count). The Hall–Kier alpha value is -0.450. The van der Waals surface area contributed by atoms with E-state index >= 15 is 0 Å². The molecule has 86 valence electrons. The van der Waals surface area contributed by atoms with Crippen molar-refractivity contribution < 1.29 is 9.13 Å². The lowest BCUT2D eigenvalue weighted by Gasteiger charge is -2.47. The summed E-state index contributed by atoms with van der Waals surface area (Å²) in [6.45, 7) is 1.08. The molecule has 2 N–H and O–H groups in total. The summed E-state index contributed by atoms with van der Waals surface area (Å²) in [6, 6.07) is 5.04. The Bertz CT molecular complexity index is 441. The van der Waals surface area contributed by atoms with Gasteiger partial charge in [0.05, 0.1) is 18.6 Å². The fraction of sp³-hybridized carbons (Fsp3) is 0.500. The molecule has 1 aromatic carbocycles. The van der Waals surface area contributed by atoms with Gasteiger partial charge in [-0.1, -0.05) is 15.9 Å². The van der Waals surface area contributed by atoms with E-state index in [-0.39, 0.29) is 16.8 Å². The van der Waals surface area contributed by atoms with Crippen molar-refractivity contribution in [2.24, 2.45) is 5.73 Å². The van der Waals surface area contributed by atoms with Crippen molar-refractivity contribution in [2.75, 3.05) is 13.2 Å². The van der Waals surface area contributed by atoms with Crippen LogP contribution < -0.4 is 5.73 Å². The predicted octanol–water partition coefficient (Wildman–Crippen LogP) is 2.35. The number of benzene rings is 1. The molecule has 0 amide bonds. The van der Waals surface area contributed by atoms with Crippen molar-refractivity contribution in [1.29, 1.82) is 0 Å². The van der Waals surface area contributed by atoms with Crippen molar-refractivity contribution in [2.45, 2.75) is 23.8 Å². The van der Waals surface area contributed by atoms with Gasteiger partial charge in [0.25, 0.3) is 0 Å². The minimum Gasteiger partial charge on any atom is -0.379 e. The summed E-state index contributed by atoms with van der Waals surface area (Å²) in [5.74, 6) is -0.178. The first-order valence-electron chi connectivity index (χ1n) is 5.40. The van der Waals surface area contributed by atoms with Crippen LogP contribution in [0, 0.1) is 5.82 Å². The van der Waals surface area contributed by atoms with E-state index in [4.69, 9.17) is 10.5 Å². The van der Waals surface area contributed by atoms with Crippen molar-refractivity contribution in [3.8, 4) is 0 Å². The second-order valence-electron chi connectivity index (χ2n) is 4.86. The molecule has 4 heteroatoms. The summed E-state index contributed by atoms with van der Waals surface area (Å²) in [5.41, 5.74) is 6.42. The minimum atomic E-state index is -0.305. The summed E-state index contributed by atoms with van der Waals surface area (Å²) in [4.78, 5) is 0. The maximum Gasteiger partial charge on any atom is 0.127 e. The zero-order valence-electron chi connectivity index (χ0n) is 8.80. The SMILES string of the molecule is NC1(C2(c3cc(Br)ccc3F)COC2)CC1. The molecule has 0 atom stereocenters. The van der Waals surface area contributed by atoms with Crippen molar-refractivity contribution in [3.63, 3.8) is 0 Å². The zero-order chi connectivity index (χ0) is 11.4. The summed E-state index contributed by atoms with van der Waals surface area (Å²) < 4.78 is 20.1. The highest BCUT2D eigenvalue weighted by Gasteiger charge is 2.62. The number of ether oxygens (including phenoxy) is 1. The van der Waals surface area contributed by atoms with Crippen LogP contribution in [0.25, 0.3) is 0 Å². The summed E-state index contributed by atoms with van der Waals surface area (Å²) in [7, 11) is 0. The van der Waals surface area contributed by atoms with Crippen LogP contribution in [0.2, 0.25) is 0 Å². The highest BCUT2D eigenvalue weighted by Crippen LogP contribution is 2.54. The highest BCUT2D eigenvalue weighted by molar-refractivity contribution is 9.10. The van der Waals surface area contributed by atoms with Gasteiger partial charge < -0.3 is 10.5 Å². The normalized spacial score (nSPS) is 24.9. The van der Waals surface area contributed by atoms with Gasteiger partial charge in [-0.15, -0.1) is 0 Å². The Morgan fingerprint density at radius 3 is 2.50 bits per heavy atom. The van der Waals surface area contributed by atoms with Crippen LogP contribution in [0.15, 0.2) is 22.7 Å². The topological polar surface area (TPSA) is 35.2 Å². The summed E-state index contributed by atoms with van der Waals surface area (Å²) in [5, 5.41) is 0.